The first-order valence-electron chi connectivity index (χ1n) is 9.84. The first-order chi connectivity index (χ1) is 13.9. The number of hydrogen-bond acceptors (Lipinski definition) is 5. The molecule has 0 saturated heterocycles. The highest BCUT2D eigenvalue weighted by atomic mass is 16.5. The van der Waals surface area contributed by atoms with Crippen LogP contribution in [0.3, 0.4) is 0 Å². The molecule has 3 aromatic rings. The zero-order valence-electron chi connectivity index (χ0n) is 17.3. The molecule has 0 fully saturated rings. The number of rotatable bonds is 8. The highest BCUT2D eigenvalue weighted by molar-refractivity contribution is 5.78. The molecule has 0 atom stereocenters. The third-order valence-electron chi connectivity index (χ3n) is 4.66. The number of benzene rings is 2. The third-order valence-corrected chi connectivity index (χ3v) is 4.66. The Hall–Kier alpha value is -3.15. The molecule has 0 N–H and O–H groups in total. The van der Waals surface area contributed by atoms with Crippen LogP contribution < -0.4 is 4.74 Å². The number of hydrogen-bond donors (Lipinski definition) is 0. The molecule has 2 aromatic carbocycles. The second-order valence-electron chi connectivity index (χ2n) is 7.51. The van der Waals surface area contributed by atoms with Crippen LogP contribution >= 0.6 is 0 Å². The van der Waals surface area contributed by atoms with Crippen LogP contribution in [0.25, 0.3) is 11.4 Å². The summed E-state index contributed by atoms with van der Waals surface area (Å²) in [6.45, 7) is 8.37. The molecule has 1 amide bonds. The number of ether oxygens (including phenoxy) is 1. The lowest BCUT2D eigenvalue weighted by molar-refractivity contribution is -0.136. The molecule has 3 rings (SSSR count). The maximum Gasteiger partial charge on any atom is 0.261 e. The van der Waals surface area contributed by atoms with Gasteiger partial charge in [0.2, 0.25) is 11.7 Å². The van der Waals surface area contributed by atoms with E-state index < -0.39 is 0 Å². The van der Waals surface area contributed by atoms with E-state index in [1.165, 1.54) is 5.56 Å². The second kappa shape index (κ2) is 9.37. The molecule has 0 aliphatic carbocycles. The molecule has 1 aromatic heterocycles. The summed E-state index contributed by atoms with van der Waals surface area (Å²) in [6.07, 6.45) is 0. The first kappa shape index (κ1) is 20.6. The van der Waals surface area contributed by atoms with Crippen LogP contribution in [-0.4, -0.2) is 33.6 Å². The fourth-order valence-electron chi connectivity index (χ4n) is 2.90. The monoisotopic (exact) mass is 393 g/mol. The largest absolute Gasteiger partial charge is 0.484 e. The van der Waals surface area contributed by atoms with Gasteiger partial charge in [0.1, 0.15) is 12.3 Å². The Bertz CT molecular complexity index is 918. The summed E-state index contributed by atoms with van der Waals surface area (Å²) in [7, 11) is 0. The highest BCUT2D eigenvalue weighted by Gasteiger charge is 2.21. The van der Waals surface area contributed by atoms with Gasteiger partial charge in [-0.3, -0.25) is 4.79 Å². The molecule has 0 unspecified atom stereocenters. The summed E-state index contributed by atoms with van der Waals surface area (Å²) in [5.74, 6) is 1.91. The van der Waals surface area contributed by atoms with Gasteiger partial charge in [0.25, 0.3) is 5.91 Å². The number of nitrogens with zero attached hydrogens (tertiary/aromatic N) is 3. The third kappa shape index (κ3) is 5.44. The van der Waals surface area contributed by atoms with E-state index >= 15 is 0 Å². The molecule has 6 heteroatoms. The summed E-state index contributed by atoms with van der Waals surface area (Å²) in [5.41, 5.74) is 2.11. The zero-order chi connectivity index (χ0) is 20.8. The summed E-state index contributed by atoms with van der Waals surface area (Å²) in [4.78, 5) is 18.8. The second-order valence-corrected chi connectivity index (χ2v) is 7.51. The van der Waals surface area contributed by atoms with Crippen molar-refractivity contribution in [2.24, 2.45) is 0 Å². The van der Waals surface area contributed by atoms with Gasteiger partial charge in [-0.05, 0) is 37.5 Å². The zero-order valence-corrected chi connectivity index (χ0v) is 17.3. The van der Waals surface area contributed by atoms with E-state index in [0.29, 0.717) is 23.4 Å². The average Bonchev–Trinajstić information content (AvgIpc) is 3.20. The van der Waals surface area contributed by atoms with Crippen molar-refractivity contribution in [2.45, 2.75) is 46.2 Å². The maximum absolute atomic E-state index is 12.7. The molecule has 0 aliphatic heterocycles. The minimum Gasteiger partial charge on any atom is -0.484 e. The Kier molecular flexibility index (Phi) is 6.65. The van der Waals surface area contributed by atoms with Gasteiger partial charge in [0.15, 0.2) is 6.61 Å². The molecule has 0 saturated carbocycles. The van der Waals surface area contributed by atoms with Crippen molar-refractivity contribution in [3.05, 3.63) is 66.1 Å². The number of carbonyl (C=O) groups is 1. The van der Waals surface area contributed by atoms with Crippen molar-refractivity contribution in [1.82, 2.24) is 15.0 Å². The van der Waals surface area contributed by atoms with Gasteiger partial charge in [-0.2, -0.15) is 4.98 Å². The van der Waals surface area contributed by atoms with Crippen LogP contribution in [0, 0.1) is 0 Å². The molecule has 0 aliphatic rings. The van der Waals surface area contributed by atoms with Gasteiger partial charge in [0.05, 0.1) is 0 Å². The van der Waals surface area contributed by atoms with Gasteiger partial charge in [0, 0.05) is 11.6 Å². The van der Waals surface area contributed by atoms with E-state index in [0.717, 1.165) is 5.56 Å². The van der Waals surface area contributed by atoms with Crippen LogP contribution in [0.1, 0.15) is 45.1 Å². The van der Waals surface area contributed by atoms with Crippen molar-refractivity contribution in [3.63, 3.8) is 0 Å². The van der Waals surface area contributed by atoms with E-state index in [1.807, 2.05) is 68.4 Å². The fraction of sp³-hybridized carbons (Fsp3) is 0.348. The highest BCUT2D eigenvalue weighted by Crippen LogP contribution is 2.19. The fourth-order valence-corrected chi connectivity index (χ4v) is 2.90. The van der Waals surface area contributed by atoms with Crippen molar-refractivity contribution in [3.8, 4) is 17.1 Å². The average molecular weight is 393 g/mol. The molecule has 6 nitrogen and oxygen atoms in total. The van der Waals surface area contributed by atoms with Crippen LogP contribution in [0.15, 0.2) is 59.1 Å². The lowest BCUT2D eigenvalue weighted by atomic mass is 10.0. The summed E-state index contributed by atoms with van der Waals surface area (Å²) in [5, 5.41) is 4.02. The summed E-state index contributed by atoms with van der Waals surface area (Å²) >= 11 is 0. The van der Waals surface area contributed by atoms with Gasteiger partial charge < -0.3 is 14.2 Å². The Morgan fingerprint density at radius 3 is 2.34 bits per heavy atom. The summed E-state index contributed by atoms with van der Waals surface area (Å²) < 4.78 is 11.0. The van der Waals surface area contributed by atoms with Crippen LogP contribution in [0.5, 0.6) is 5.75 Å². The molecular formula is C23H27N3O3. The van der Waals surface area contributed by atoms with E-state index in [-0.39, 0.29) is 25.1 Å². The minimum atomic E-state index is -0.132. The predicted octanol–water partition coefficient (Wildman–Crippen LogP) is 4.68. The lowest BCUT2D eigenvalue weighted by Crippen LogP contribution is -2.39. The van der Waals surface area contributed by atoms with E-state index in [1.54, 1.807) is 4.90 Å². The topological polar surface area (TPSA) is 68.5 Å². The SMILES string of the molecule is CC(C)c1ccc(OCC(=O)N(Cc2nc(-c3ccccc3)no2)C(C)C)cc1. The van der Waals surface area contributed by atoms with E-state index in [9.17, 15) is 4.79 Å². The minimum absolute atomic E-state index is 0.0264. The Morgan fingerprint density at radius 2 is 1.72 bits per heavy atom. The van der Waals surface area contributed by atoms with Gasteiger partial charge >= 0.3 is 0 Å². The Morgan fingerprint density at radius 1 is 1.03 bits per heavy atom. The van der Waals surface area contributed by atoms with Crippen LogP contribution in [-0.2, 0) is 11.3 Å². The van der Waals surface area contributed by atoms with Crippen molar-refractivity contribution in [1.29, 1.82) is 0 Å². The van der Waals surface area contributed by atoms with E-state index in [4.69, 9.17) is 9.26 Å². The summed E-state index contributed by atoms with van der Waals surface area (Å²) in [6, 6.07) is 17.4. The van der Waals surface area contributed by atoms with Crippen LogP contribution in [0.2, 0.25) is 0 Å². The van der Waals surface area contributed by atoms with Gasteiger partial charge in [-0.25, -0.2) is 0 Å². The smallest absolute Gasteiger partial charge is 0.261 e. The van der Waals surface area contributed by atoms with Crippen molar-refractivity contribution in [2.75, 3.05) is 6.61 Å². The molecule has 1 heterocycles. The van der Waals surface area contributed by atoms with Crippen molar-refractivity contribution < 1.29 is 14.1 Å². The van der Waals surface area contributed by atoms with E-state index in [2.05, 4.69) is 24.0 Å². The normalized spacial score (nSPS) is 11.1. The Balaban J connectivity index is 1.62. The Labute approximate surface area is 171 Å². The van der Waals surface area contributed by atoms with Gasteiger partial charge in [-0.1, -0.05) is 61.5 Å². The van der Waals surface area contributed by atoms with Gasteiger partial charge in [-0.15, -0.1) is 0 Å². The van der Waals surface area contributed by atoms with Crippen molar-refractivity contribution >= 4 is 5.91 Å². The quantitative estimate of drug-likeness (QED) is 0.556. The number of amides is 1. The molecule has 0 bridgehead atoms. The predicted molar refractivity (Wildman–Crippen MR) is 111 cm³/mol. The molecular weight excluding hydrogens is 366 g/mol. The molecule has 29 heavy (non-hydrogen) atoms. The standard InChI is InChI=1S/C23H27N3O3/c1-16(2)18-10-12-20(13-11-18)28-15-22(27)26(17(3)4)14-21-24-23(25-29-21)19-8-6-5-7-9-19/h5-13,16-17H,14-15H2,1-4H3. The van der Waals surface area contributed by atoms with Crippen LogP contribution in [0.4, 0.5) is 0 Å². The maximum atomic E-state index is 12.7. The molecule has 0 spiro atoms. The number of carbonyl (C=O) groups excluding carboxylic acids is 1. The lowest BCUT2D eigenvalue weighted by Gasteiger charge is -2.25. The molecule has 0 radical (unpaired) electrons. The first-order valence-corrected chi connectivity index (χ1v) is 9.84. The number of aromatic nitrogens is 2. The molecule has 152 valence electrons.